The normalized spacial score (nSPS) is 9.17. The summed E-state index contributed by atoms with van der Waals surface area (Å²) in [5.74, 6) is 0.0793. The standard InChI is InChI=1S/C6H7BO4S/c1-10-6(8)5-2-4(3-12-5)11-7-9/h2-3,7,9H,1H3. The van der Waals surface area contributed by atoms with Crippen LogP contribution in [-0.4, -0.2) is 25.8 Å². The molecule has 1 aromatic rings. The Morgan fingerprint density at radius 2 is 2.50 bits per heavy atom. The quantitative estimate of drug-likeness (QED) is 0.540. The number of thiophene rings is 1. The molecule has 4 nitrogen and oxygen atoms in total. The van der Waals surface area contributed by atoms with Crippen LogP contribution in [0, 0.1) is 0 Å². The Bertz CT molecular complexity index is 272. The van der Waals surface area contributed by atoms with E-state index in [4.69, 9.17) is 9.68 Å². The van der Waals surface area contributed by atoms with E-state index in [0.29, 0.717) is 10.6 Å². The second-order valence-electron chi connectivity index (χ2n) is 1.91. The fraction of sp³-hybridized carbons (Fsp3) is 0.167. The summed E-state index contributed by atoms with van der Waals surface area (Å²) in [6.45, 7) is 0. The molecule has 6 heteroatoms. The van der Waals surface area contributed by atoms with E-state index in [1.165, 1.54) is 24.5 Å². The van der Waals surface area contributed by atoms with Crippen molar-refractivity contribution in [2.24, 2.45) is 0 Å². The number of esters is 1. The second-order valence-corrected chi connectivity index (χ2v) is 2.82. The Labute approximate surface area is 74.0 Å². The lowest BCUT2D eigenvalue weighted by molar-refractivity contribution is 0.0606. The summed E-state index contributed by atoms with van der Waals surface area (Å²) in [6, 6.07) is 1.52. The van der Waals surface area contributed by atoms with E-state index in [2.05, 4.69) is 4.74 Å². The smallest absolute Gasteiger partial charge is 0.504 e. The third kappa shape index (κ3) is 1.99. The number of methoxy groups -OCH3 is 1. The third-order valence-electron chi connectivity index (χ3n) is 1.19. The van der Waals surface area contributed by atoms with Gasteiger partial charge in [-0.15, -0.1) is 11.3 Å². The maximum atomic E-state index is 10.9. The van der Waals surface area contributed by atoms with Crippen molar-refractivity contribution in [2.45, 2.75) is 0 Å². The van der Waals surface area contributed by atoms with E-state index in [1.54, 1.807) is 5.38 Å². The van der Waals surface area contributed by atoms with Gasteiger partial charge in [-0.3, -0.25) is 0 Å². The molecule has 0 aliphatic heterocycles. The van der Waals surface area contributed by atoms with Crippen molar-refractivity contribution >= 4 is 25.0 Å². The average molecular weight is 186 g/mol. The molecular formula is C6H7BO4S. The third-order valence-corrected chi connectivity index (χ3v) is 2.08. The highest BCUT2D eigenvalue weighted by Crippen LogP contribution is 2.21. The van der Waals surface area contributed by atoms with E-state index in [9.17, 15) is 4.79 Å². The zero-order chi connectivity index (χ0) is 8.97. The molecule has 1 aromatic heterocycles. The Kier molecular flexibility index (Phi) is 3.13. The van der Waals surface area contributed by atoms with Gasteiger partial charge < -0.3 is 14.4 Å². The van der Waals surface area contributed by atoms with Gasteiger partial charge in [-0.1, -0.05) is 0 Å². The molecule has 0 unspecified atom stereocenters. The van der Waals surface area contributed by atoms with Gasteiger partial charge in [-0.2, -0.15) is 0 Å². The number of carbonyl (C=O) groups excluding carboxylic acids is 1. The van der Waals surface area contributed by atoms with Crippen LogP contribution in [0.2, 0.25) is 0 Å². The lowest BCUT2D eigenvalue weighted by Gasteiger charge is -1.94. The van der Waals surface area contributed by atoms with E-state index < -0.39 is 13.7 Å². The predicted octanol–water partition coefficient (Wildman–Crippen LogP) is 0.172. The van der Waals surface area contributed by atoms with Crippen LogP contribution in [0.15, 0.2) is 11.4 Å². The van der Waals surface area contributed by atoms with Crippen molar-refractivity contribution in [3.63, 3.8) is 0 Å². The molecule has 0 saturated carbocycles. The number of ether oxygens (including phenoxy) is 1. The maximum absolute atomic E-state index is 10.9. The van der Waals surface area contributed by atoms with Crippen LogP contribution in [-0.2, 0) is 4.74 Å². The highest BCUT2D eigenvalue weighted by molar-refractivity contribution is 7.12. The first-order chi connectivity index (χ1) is 5.77. The maximum Gasteiger partial charge on any atom is 0.504 e. The lowest BCUT2D eigenvalue weighted by Crippen LogP contribution is -1.99. The fourth-order valence-electron chi connectivity index (χ4n) is 0.677. The zero-order valence-corrected chi connectivity index (χ0v) is 7.26. The molecule has 1 heterocycles. The number of carbonyl (C=O) groups is 1. The van der Waals surface area contributed by atoms with Gasteiger partial charge in [0, 0.05) is 11.4 Å². The fourth-order valence-corrected chi connectivity index (χ4v) is 1.42. The van der Waals surface area contributed by atoms with Crippen LogP contribution in [0.3, 0.4) is 0 Å². The first-order valence-corrected chi connectivity index (χ1v) is 4.06. The Morgan fingerprint density at radius 1 is 1.75 bits per heavy atom. The molecule has 0 aromatic carbocycles. The van der Waals surface area contributed by atoms with Gasteiger partial charge in [0.1, 0.15) is 10.6 Å². The monoisotopic (exact) mass is 186 g/mol. The van der Waals surface area contributed by atoms with Crippen LogP contribution in [0.4, 0.5) is 0 Å². The van der Waals surface area contributed by atoms with Gasteiger partial charge in [0.05, 0.1) is 7.11 Å². The Morgan fingerprint density at radius 3 is 3.08 bits per heavy atom. The van der Waals surface area contributed by atoms with Gasteiger partial charge >= 0.3 is 13.7 Å². The van der Waals surface area contributed by atoms with Gasteiger partial charge in [0.15, 0.2) is 0 Å². The molecule has 0 fully saturated rings. The van der Waals surface area contributed by atoms with Crippen LogP contribution < -0.4 is 4.65 Å². The number of rotatable bonds is 3. The van der Waals surface area contributed by atoms with E-state index in [-0.39, 0.29) is 0 Å². The van der Waals surface area contributed by atoms with Crippen molar-refractivity contribution in [1.29, 1.82) is 0 Å². The van der Waals surface area contributed by atoms with E-state index >= 15 is 0 Å². The Balaban J connectivity index is 2.70. The Hall–Kier alpha value is -1.01. The summed E-state index contributed by atoms with van der Waals surface area (Å²) < 4.78 is 9.22. The van der Waals surface area contributed by atoms with Crippen LogP contribution in [0.1, 0.15) is 9.67 Å². The molecular weight excluding hydrogens is 179 g/mol. The second kappa shape index (κ2) is 4.13. The molecule has 12 heavy (non-hydrogen) atoms. The summed E-state index contributed by atoms with van der Waals surface area (Å²) in [6.07, 6.45) is 0. The summed E-state index contributed by atoms with van der Waals surface area (Å²) in [4.78, 5) is 11.4. The molecule has 64 valence electrons. The number of hydrogen-bond donors (Lipinski definition) is 1. The van der Waals surface area contributed by atoms with E-state index in [1.807, 2.05) is 0 Å². The molecule has 0 aliphatic carbocycles. The van der Waals surface area contributed by atoms with Crippen molar-refractivity contribution in [2.75, 3.05) is 7.11 Å². The minimum Gasteiger partial charge on any atom is -0.538 e. The van der Waals surface area contributed by atoms with Gasteiger partial charge in [-0.05, 0) is 0 Å². The summed E-state index contributed by atoms with van der Waals surface area (Å²) in [5, 5.41) is 10.0. The molecule has 0 amide bonds. The zero-order valence-electron chi connectivity index (χ0n) is 6.44. The molecule has 0 aliphatic rings. The van der Waals surface area contributed by atoms with Gasteiger partial charge in [0.2, 0.25) is 0 Å². The molecule has 1 N–H and O–H groups in total. The topological polar surface area (TPSA) is 55.8 Å². The van der Waals surface area contributed by atoms with Crippen molar-refractivity contribution in [3.05, 3.63) is 16.3 Å². The first kappa shape index (κ1) is 9.09. The highest BCUT2D eigenvalue weighted by atomic mass is 32.1. The molecule has 0 atom stereocenters. The lowest BCUT2D eigenvalue weighted by atomic mass is 10.4. The SMILES string of the molecule is COC(=O)c1cc(OBO)cs1. The van der Waals surface area contributed by atoms with Crippen LogP contribution >= 0.6 is 11.3 Å². The van der Waals surface area contributed by atoms with Crippen LogP contribution in [0.5, 0.6) is 5.75 Å². The van der Waals surface area contributed by atoms with Crippen molar-refractivity contribution in [1.82, 2.24) is 0 Å². The summed E-state index contributed by atoms with van der Waals surface area (Å²) in [7, 11) is 0.923. The predicted molar refractivity (Wildman–Crippen MR) is 45.7 cm³/mol. The largest absolute Gasteiger partial charge is 0.538 e. The van der Waals surface area contributed by atoms with Gasteiger partial charge in [0.25, 0.3) is 0 Å². The molecule has 0 radical (unpaired) electrons. The highest BCUT2D eigenvalue weighted by Gasteiger charge is 2.08. The average Bonchev–Trinajstić information content (AvgIpc) is 2.52. The molecule has 0 saturated heterocycles. The molecule has 0 spiro atoms. The minimum absolute atomic E-state index is 0.392. The van der Waals surface area contributed by atoms with E-state index in [0.717, 1.165) is 0 Å². The van der Waals surface area contributed by atoms with Gasteiger partial charge in [-0.25, -0.2) is 4.79 Å². The molecule has 0 bridgehead atoms. The number of hydrogen-bond acceptors (Lipinski definition) is 5. The van der Waals surface area contributed by atoms with Crippen molar-refractivity contribution in [3.8, 4) is 5.75 Å². The first-order valence-electron chi connectivity index (χ1n) is 3.18. The minimum atomic E-state index is -0.396. The summed E-state index contributed by atoms with van der Waals surface area (Å²) in [5.41, 5.74) is 0. The van der Waals surface area contributed by atoms with Crippen molar-refractivity contribution < 1.29 is 19.2 Å². The van der Waals surface area contributed by atoms with Crippen LogP contribution in [0.25, 0.3) is 0 Å². The summed E-state index contributed by atoms with van der Waals surface area (Å²) >= 11 is 1.21. The molecule has 1 rings (SSSR count).